The van der Waals surface area contributed by atoms with Crippen LogP contribution in [0.5, 0.6) is 0 Å². The fraction of sp³-hybridized carbons (Fsp3) is 0.639. The quantitative estimate of drug-likeness (QED) is 0.292. The molecule has 6 rings (SSSR count). The smallest absolute Gasteiger partial charge is 0.412 e. The maximum absolute atomic E-state index is 13.8. The third-order valence-corrected chi connectivity index (χ3v) is 10.6. The largest absolute Gasteiger partial charge is 0.444 e. The average Bonchev–Trinajstić information content (AvgIpc) is 3.59. The lowest BCUT2D eigenvalue weighted by Gasteiger charge is -2.39. The second kappa shape index (κ2) is 14.9. The number of piperidine rings is 2. The highest BCUT2D eigenvalue weighted by Crippen LogP contribution is 2.36. The van der Waals surface area contributed by atoms with Crippen LogP contribution in [0.15, 0.2) is 29.2 Å². The predicted molar refractivity (Wildman–Crippen MR) is 188 cm³/mol. The van der Waals surface area contributed by atoms with Gasteiger partial charge < -0.3 is 9.64 Å². The fourth-order valence-electron chi connectivity index (χ4n) is 8.05. The zero-order valence-corrected chi connectivity index (χ0v) is 30.2. The highest BCUT2D eigenvalue weighted by molar-refractivity contribution is 6.00. The molecule has 2 saturated heterocycles. The van der Waals surface area contributed by atoms with E-state index in [1.807, 2.05) is 18.2 Å². The summed E-state index contributed by atoms with van der Waals surface area (Å²) in [6.45, 7) is 8.65. The molecule has 2 aromatic heterocycles. The van der Waals surface area contributed by atoms with E-state index in [9.17, 15) is 28.0 Å². The average molecular weight is 713 g/mol. The summed E-state index contributed by atoms with van der Waals surface area (Å²) < 4.78 is 37.5. The van der Waals surface area contributed by atoms with Crippen molar-refractivity contribution in [3.8, 4) is 0 Å². The van der Waals surface area contributed by atoms with Crippen LogP contribution in [0.4, 0.5) is 19.3 Å². The monoisotopic (exact) mass is 712 g/mol. The molecule has 1 unspecified atom stereocenters. The standard InChI is InChI=1S/C36H50F2N8O5/c1-36(2,3)51-34(49)39-26-21-45(41-30(26)32(37)38)25-11-9-22(10-12-25)19-42(4)24-15-17-44(18-16-24)20-23-7-6-8-27-31(23)43(5)35(50)46(27)28-13-14-29(47)40-33(28)48/h6-8,21-22,24-25,28,32H,9-20H2,1-5H3,(H,39,49)(H,40,47,48). The first-order valence-corrected chi connectivity index (χ1v) is 18.0. The molecule has 0 bridgehead atoms. The summed E-state index contributed by atoms with van der Waals surface area (Å²) in [5.74, 6) is -0.244. The Labute approximate surface area is 296 Å². The SMILES string of the molecule is CN(CC1CCC(n2cc(NC(=O)OC(C)(C)C)c(C(F)F)n2)CC1)C1CCN(Cc2cccc3c2n(C)c(=O)n3C2CCC(=O)NC2=O)CC1. The van der Waals surface area contributed by atoms with Gasteiger partial charge in [-0.05, 0) is 103 Å². The molecule has 2 N–H and O–H groups in total. The molecule has 3 amide bonds. The molecular weight excluding hydrogens is 662 g/mol. The minimum Gasteiger partial charge on any atom is -0.444 e. The number of aromatic nitrogens is 4. The molecule has 0 radical (unpaired) electrons. The fourth-order valence-corrected chi connectivity index (χ4v) is 8.05. The van der Waals surface area contributed by atoms with Crippen LogP contribution in [-0.4, -0.2) is 84.9 Å². The number of para-hydroxylation sites is 1. The van der Waals surface area contributed by atoms with Gasteiger partial charge in [0.25, 0.3) is 6.43 Å². The summed E-state index contributed by atoms with van der Waals surface area (Å²) in [5.41, 5.74) is 1.09. The van der Waals surface area contributed by atoms with Crippen molar-refractivity contribution in [2.45, 2.75) is 109 Å². The highest BCUT2D eigenvalue weighted by atomic mass is 19.3. The second-order valence-corrected chi connectivity index (χ2v) is 15.4. The van der Waals surface area contributed by atoms with Gasteiger partial charge in [-0.1, -0.05) is 12.1 Å². The Hall–Kier alpha value is -4.11. The van der Waals surface area contributed by atoms with Crippen molar-refractivity contribution >= 4 is 34.6 Å². The Morgan fingerprint density at radius 3 is 2.43 bits per heavy atom. The van der Waals surface area contributed by atoms with Crippen molar-refractivity contribution in [3.05, 3.63) is 46.1 Å². The van der Waals surface area contributed by atoms with Gasteiger partial charge in [0.05, 0.1) is 22.8 Å². The number of amides is 3. The number of hydrogen-bond donors (Lipinski definition) is 2. The Balaban J connectivity index is 1.01. The summed E-state index contributed by atoms with van der Waals surface area (Å²) in [6.07, 6.45) is 4.04. The van der Waals surface area contributed by atoms with E-state index in [4.69, 9.17) is 4.74 Å². The molecule has 278 valence electrons. The molecule has 1 aliphatic carbocycles. The molecule has 1 atom stereocenters. The Kier molecular flexibility index (Phi) is 10.7. The summed E-state index contributed by atoms with van der Waals surface area (Å²) >= 11 is 0. The van der Waals surface area contributed by atoms with E-state index in [0.717, 1.165) is 69.2 Å². The van der Waals surface area contributed by atoms with Crippen molar-refractivity contribution in [2.75, 3.05) is 32.0 Å². The molecule has 1 aromatic carbocycles. The van der Waals surface area contributed by atoms with E-state index in [0.29, 0.717) is 30.4 Å². The second-order valence-electron chi connectivity index (χ2n) is 15.4. The van der Waals surface area contributed by atoms with Crippen LogP contribution < -0.4 is 16.3 Å². The van der Waals surface area contributed by atoms with Crippen LogP contribution in [0, 0.1) is 5.92 Å². The number of aryl methyl sites for hydroxylation is 1. The Morgan fingerprint density at radius 2 is 1.78 bits per heavy atom. The number of ether oxygens (including phenoxy) is 1. The van der Waals surface area contributed by atoms with Crippen molar-refractivity contribution in [1.29, 1.82) is 0 Å². The summed E-state index contributed by atoms with van der Waals surface area (Å²) in [5, 5.41) is 8.99. The molecule has 2 aliphatic heterocycles. The third-order valence-electron chi connectivity index (χ3n) is 10.6. The van der Waals surface area contributed by atoms with E-state index in [2.05, 4.69) is 32.6 Å². The first-order chi connectivity index (χ1) is 24.2. The number of benzene rings is 1. The van der Waals surface area contributed by atoms with Crippen molar-refractivity contribution in [2.24, 2.45) is 13.0 Å². The summed E-state index contributed by atoms with van der Waals surface area (Å²) in [6, 6.07) is 5.58. The molecule has 51 heavy (non-hydrogen) atoms. The van der Waals surface area contributed by atoms with Crippen LogP contribution >= 0.6 is 0 Å². The van der Waals surface area contributed by atoms with Crippen molar-refractivity contribution in [3.63, 3.8) is 0 Å². The van der Waals surface area contributed by atoms with Gasteiger partial charge in [-0.15, -0.1) is 0 Å². The van der Waals surface area contributed by atoms with E-state index in [1.165, 1.54) is 10.8 Å². The maximum Gasteiger partial charge on any atom is 0.412 e. The van der Waals surface area contributed by atoms with Crippen LogP contribution in [-0.2, 0) is 27.9 Å². The van der Waals surface area contributed by atoms with Gasteiger partial charge in [-0.3, -0.25) is 38.9 Å². The van der Waals surface area contributed by atoms with Crippen molar-refractivity contribution in [1.82, 2.24) is 34.0 Å². The number of anilines is 1. The predicted octanol–water partition coefficient (Wildman–Crippen LogP) is 5.13. The maximum atomic E-state index is 13.8. The molecular formula is C36H50F2N8O5. The molecule has 3 aromatic rings. The topological polar surface area (TPSA) is 136 Å². The van der Waals surface area contributed by atoms with Gasteiger partial charge in [-0.2, -0.15) is 5.10 Å². The van der Waals surface area contributed by atoms with Crippen molar-refractivity contribution < 1.29 is 27.9 Å². The first-order valence-electron chi connectivity index (χ1n) is 18.0. The Morgan fingerprint density at radius 1 is 1.08 bits per heavy atom. The molecule has 4 heterocycles. The minimum atomic E-state index is -2.82. The Bertz CT molecular complexity index is 1810. The van der Waals surface area contributed by atoms with E-state index < -0.39 is 35.8 Å². The van der Waals surface area contributed by atoms with Crippen LogP contribution in [0.25, 0.3) is 11.0 Å². The minimum absolute atomic E-state index is 0.00800. The number of carbonyl (C=O) groups is 3. The van der Waals surface area contributed by atoms with E-state index in [-0.39, 0.29) is 29.7 Å². The molecule has 13 nitrogen and oxygen atoms in total. The van der Waals surface area contributed by atoms with Crippen LogP contribution in [0.1, 0.15) is 102 Å². The van der Waals surface area contributed by atoms with E-state index >= 15 is 0 Å². The molecule has 1 saturated carbocycles. The summed E-state index contributed by atoms with van der Waals surface area (Å²) in [4.78, 5) is 54.8. The number of fused-ring (bicyclic) bond motifs is 1. The highest BCUT2D eigenvalue weighted by Gasteiger charge is 2.33. The zero-order chi connectivity index (χ0) is 36.6. The van der Waals surface area contributed by atoms with Gasteiger partial charge in [-0.25, -0.2) is 18.4 Å². The van der Waals surface area contributed by atoms with Gasteiger partial charge in [0.1, 0.15) is 11.6 Å². The number of likely N-dealkylation sites (tertiary alicyclic amines) is 1. The third kappa shape index (κ3) is 8.19. The van der Waals surface area contributed by atoms with E-state index in [1.54, 1.807) is 37.1 Å². The number of imidazole rings is 1. The van der Waals surface area contributed by atoms with Gasteiger partial charge in [0.2, 0.25) is 11.8 Å². The number of hydrogen-bond acceptors (Lipinski definition) is 8. The molecule has 15 heteroatoms. The molecule has 3 aliphatic rings. The van der Waals surface area contributed by atoms with Gasteiger partial charge in [0, 0.05) is 38.8 Å². The summed E-state index contributed by atoms with van der Waals surface area (Å²) in [7, 11) is 3.93. The van der Waals surface area contributed by atoms with Crippen LogP contribution in [0.3, 0.4) is 0 Å². The number of carbonyl (C=O) groups excluding carboxylic acids is 3. The number of halogens is 2. The first kappa shape index (κ1) is 36.7. The normalized spacial score (nSPS) is 22.6. The number of rotatable bonds is 9. The lowest BCUT2D eigenvalue weighted by atomic mass is 9.85. The number of imide groups is 1. The zero-order valence-electron chi connectivity index (χ0n) is 30.2. The lowest BCUT2D eigenvalue weighted by molar-refractivity contribution is -0.135. The number of alkyl halides is 2. The number of nitrogens with zero attached hydrogens (tertiary/aromatic N) is 6. The number of nitrogens with one attached hydrogen (secondary N) is 2. The molecule has 3 fully saturated rings. The van der Waals surface area contributed by atoms with Gasteiger partial charge in [0.15, 0.2) is 5.69 Å². The molecule has 0 spiro atoms. The lowest BCUT2D eigenvalue weighted by Crippen LogP contribution is -2.44. The van der Waals surface area contributed by atoms with Crippen LogP contribution in [0.2, 0.25) is 0 Å². The van der Waals surface area contributed by atoms with Gasteiger partial charge >= 0.3 is 11.8 Å².